The average Bonchev–Trinajstić information content (AvgIpc) is 2.67. The van der Waals surface area contributed by atoms with Gasteiger partial charge in [0.2, 0.25) is 5.91 Å². The summed E-state index contributed by atoms with van der Waals surface area (Å²) in [5.74, 6) is 0.990. The van der Waals surface area contributed by atoms with Gasteiger partial charge in [0.1, 0.15) is 0 Å². The second kappa shape index (κ2) is 10.2. The highest BCUT2D eigenvalue weighted by Gasteiger charge is 2.06. The van der Waals surface area contributed by atoms with Crippen LogP contribution in [0.4, 0.5) is 5.69 Å². The Bertz CT molecular complexity index is 827. The molecule has 2 aromatic rings. The maximum atomic E-state index is 12.1. The highest BCUT2D eigenvalue weighted by atomic mass is 16.5. The topological polar surface area (TPSA) is 64.6 Å². The number of benzene rings is 2. The van der Waals surface area contributed by atoms with E-state index in [1.54, 1.807) is 37.5 Å². The van der Waals surface area contributed by atoms with Crippen LogP contribution in [0.5, 0.6) is 11.5 Å². The van der Waals surface area contributed by atoms with E-state index in [1.165, 1.54) is 13.0 Å². The molecule has 0 unspecified atom stereocenters. The number of nitrogens with one attached hydrogen (secondary N) is 1. The SMILES string of the molecule is CCCCOc1ccc(/C=C/C(=O)Nc2cccc(C(C)=O)c2)cc1OC. The Hall–Kier alpha value is -3.08. The molecule has 5 nitrogen and oxygen atoms in total. The average molecular weight is 367 g/mol. The standard InChI is InChI=1S/C22H25NO4/c1-4-5-13-27-20-11-9-17(14-21(20)26-3)10-12-22(25)23-19-8-6-7-18(15-19)16(2)24/h6-12,14-15H,4-5,13H2,1-3H3,(H,23,25)/b12-10+. The van der Waals surface area contributed by atoms with Crippen LogP contribution in [0, 0.1) is 0 Å². The molecular weight excluding hydrogens is 342 g/mol. The maximum Gasteiger partial charge on any atom is 0.248 e. The molecule has 142 valence electrons. The predicted octanol–water partition coefficient (Wildman–Crippen LogP) is 4.73. The number of hydrogen-bond acceptors (Lipinski definition) is 4. The molecule has 0 radical (unpaired) electrons. The summed E-state index contributed by atoms with van der Waals surface area (Å²) >= 11 is 0. The second-order valence-electron chi connectivity index (χ2n) is 6.07. The van der Waals surface area contributed by atoms with Gasteiger partial charge in [-0.1, -0.05) is 31.5 Å². The van der Waals surface area contributed by atoms with Crippen LogP contribution in [0.15, 0.2) is 48.5 Å². The first-order chi connectivity index (χ1) is 13.0. The first kappa shape index (κ1) is 20.2. The van der Waals surface area contributed by atoms with Crippen LogP contribution >= 0.6 is 0 Å². The van der Waals surface area contributed by atoms with Crippen molar-refractivity contribution in [2.75, 3.05) is 19.0 Å². The highest BCUT2D eigenvalue weighted by molar-refractivity contribution is 6.03. The number of carbonyl (C=O) groups is 2. The molecule has 0 atom stereocenters. The number of ether oxygens (including phenoxy) is 2. The smallest absolute Gasteiger partial charge is 0.248 e. The van der Waals surface area contributed by atoms with E-state index in [0.717, 1.165) is 18.4 Å². The second-order valence-corrected chi connectivity index (χ2v) is 6.07. The highest BCUT2D eigenvalue weighted by Crippen LogP contribution is 2.28. The molecule has 2 aromatic carbocycles. The fourth-order valence-electron chi connectivity index (χ4n) is 2.41. The van der Waals surface area contributed by atoms with Crippen molar-refractivity contribution in [3.63, 3.8) is 0 Å². The van der Waals surface area contributed by atoms with Gasteiger partial charge in [-0.15, -0.1) is 0 Å². The fourth-order valence-corrected chi connectivity index (χ4v) is 2.41. The van der Waals surface area contributed by atoms with Crippen molar-refractivity contribution in [1.82, 2.24) is 0 Å². The van der Waals surface area contributed by atoms with Crippen molar-refractivity contribution < 1.29 is 19.1 Å². The third-order valence-corrected chi connectivity index (χ3v) is 3.91. The summed E-state index contributed by atoms with van der Waals surface area (Å²) in [5.41, 5.74) is 1.96. The van der Waals surface area contributed by atoms with Gasteiger partial charge in [0.05, 0.1) is 13.7 Å². The lowest BCUT2D eigenvalue weighted by molar-refractivity contribution is -0.111. The van der Waals surface area contributed by atoms with Crippen LogP contribution in [-0.2, 0) is 4.79 Å². The van der Waals surface area contributed by atoms with Crippen molar-refractivity contribution >= 4 is 23.5 Å². The van der Waals surface area contributed by atoms with Gasteiger partial charge in [0, 0.05) is 17.3 Å². The van der Waals surface area contributed by atoms with E-state index >= 15 is 0 Å². The molecule has 0 aliphatic carbocycles. The summed E-state index contributed by atoms with van der Waals surface area (Å²) in [6, 6.07) is 12.4. The minimum absolute atomic E-state index is 0.0463. The zero-order valence-corrected chi connectivity index (χ0v) is 16.0. The molecule has 0 bridgehead atoms. The van der Waals surface area contributed by atoms with Crippen LogP contribution in [0.3, 0.4) is 0 Å². The minimum atomic E-state index is -0.280. The van der Waals surface area contributed by atoms with Gasteiger partial charge in [-0.25, -0.2) is 0 Å². The molecule has 0 fully saturated rings. The molecule has 0 aliphatic rings. The van der Waals surface area contributed by atoms with Gasteiger partial charge >= 0.3 is 0 Å². The number of unbranched alkanes of at least 4 members (excludes halogenated alkanes) is 1. The first-order valence-corrected chi connectivity index (χ1v) is 8.94. The van der Waals surface area contributed by atoms with E-state index in [9.17, 15) is 9.59 Å². The van der Waals surface area contributed by atoms with Gasteiger partial charge in [-0.05, 0) is 49.2 Å². The summed E-state index contributed by atoms with van der Waals surface area (Å²) in [6.07, 6.45) is 5.18. The number of amides is 1. The van der Waals surface area contributed by atoms with Crippen LogP contribution in [0.1, 0.15) is 42.6 Å². The van der Waals surface area contributed by atoms with Crippen LogP contribution in [0.2, 0.25) is 0 Å². The van der Waals surface area contributed by atoms with E-state index in [4.69, 9.17) is 9.47 Å². The summed E-state index contributed by atoms with van der Waals surface area (Å²) in [4.78, 5) is 23.5. The number of methoxy groups -OCH3 is 1. The predicted molar refractivity (Wildman–Crippen MR) is 108 cm³/mol. The number of carbonyl (C=O) groups excluding carboxylic acids is 2. The van der Waals surface area contributed by atoms with E-state index in [0.29, 0.717) is 29.4 Å². The van der Waals surface area contributed by atoms with Gasteiger partial charge in [0.15, 0.2) is 17.3 Å². The quantitative estimate of drug-likeness (QED) is 0.395. The number of ketones is 1. The maximum absolute atomic E-state index is 12.1. The lowest BCUT2D eigenvalue weighted by Crippen LogP contribution is -2.08. The Morgan fingerprint density at radius 3 is 2.63 bits per heavy atom. The number of hydrogen-bond donors (Lipinski definition) is 1. The van der Waals surface area contributed by atoms with E-state index in [1.807, 2.05) is 18.2 Å². The van der Waals surface area contributed by atoms with Crippen molar-refractivity contribution in [3.8, 4) is 11.5 Å². The van der Waals surface area contributed by atoms with Gasteiger partial charge < -0.3 is 14.8 Å². The molecule has 0 spiro atoms. The van der Waals surface area contributed by atoms with Crippen LogP contribution < -0.4 is 14.8 Å². The van der Waals surface area contributed by atoms with Crippen LogP contribution in [0.25, 0.3) is 6.08 Å². The van der Waals surface area contributed by atoms with Gasteiger partial charge in [-0.3, -0.25) is 9.59 Å². The third-order valence-electron chi connectivity index (χ3n) is 3.91. The van der Waals surface area contributed by atoms with Crippen LogP contribution in [-0.4, -0.2) is 25.4 Å². The molecule has 0 aliphatic heterocycles. The van der Waals surface area contributed by atoms with E-state index < -0.39 is 0 Å². The molecule has 0 aromatic heterocycles. The largest absolute Gasteiger partial charge is 0.493 e. The molecule has 0 saturated carbocycles. The molecular formula is C22H25NO4. The molecule has 1 amide bonds. The molecule has 2 rings (SSSR count). The Kier molecular flexibility index (Phi) is 7.62. The number of Topliss-reactive ketones (excluding diaryl/α,β-unsaturated/α-hetero) is 1. The fraction of sp³-hybridized carbons (Fsp3) is 0.273. The molecule has 27 heavy (non-hydrogen) atoms. The van der Waals surface area contributed by atoms with Crippen molar-refractivity contribution in [2.45, 2.75) is 26.7 Å². The lowest BCUT2D eigenvalue weighted by atomic mass is 10.1. The van der Waals surface area contributed by atoms with Crippen molar-refractivity contribution in [3.05, 3.63) is 59.7 Å². The summed E-state index contributed by atoms with van der Waals surface area (Å²) in [5, 5.41) is 2.75. The Balaban J connectivity index is 2.03. The van der Waals surface area contributed by atoms with Gasteiger partial charge in [-0.2, -0.15) is 0 Å². The Labute approximate surface area is 160 Å². The lowest BCUT2D eigenvalue weighted by Gasteiger charge is -2.11. The molecule has 1 N–H and O–H groups in total. The van der Waals surface area contributed by atoms with E-state index in [-0.39, 0.29) is 11.7 Å². The molecule has 5 heteroatoms. The Morgan fingerprint density at radius 2 is 1.93 bits per heavy atom. The Morgan fingerprint density at radius 1 is 1.11 bits per heavy atom. The molecule has 0 heterocycles. The van der Waals surface area contributed by atoms with Crippen molar-refractivity contribution in [2.24, 2.45) is 0 Å². The normalized spacial score (nSPS) is 10.6. The first-order valence-electron chi connectivity index (χ1n) is 8.94. The van der Waals surface area contributed by atoms with Crippen molar-refractivity contribution in [1.29, 1.82) is 0 Å². The zero-order valence-electron chi connectivity index (χ0n) is 16.0. The summed E-state index contributed by atoms with van der Waals surface area (Å²) in [6.45, 7) is 4.24. The van der Waals surface area contributed by atoms with Gasteiger partial charge in [0.25, 0.3) is 0 Å². The number of anilines is 1. The third kappa shape index (κ3) is 6.29. The summed E-state index contributed by atoms with van der Waals surface area (Å²) < 4.78 is 11.1. The monoisotopic (exact) mass is 367 g/mol. The summed E-state index contributed by atoms with van der Waals surface area (Å²) in [7, 11) is 1.59. The van der Waals surface area contributed by atoms with E-state index in [2.05, 4.69) is 12.2 Å². The zero-order chi connectivity index (χ0) is 19.6. The minimum Gasteiger partial charge on any atom is -0.493 e. The molecule has 0 saturated heterocycles. The number of rotatable bonds is 9.